The highest BCUT2D eigenvalue weighted by Crippen LogP contribution is 2.22. The number of benzene rings is 2. The van der Waals surface area contributed by atoms with Crippen LogP contribution in [0.4, 0.5) is 16.2 Å². The summed E-state index contributed by atoms with van der Waals surface area (Å²) in [4.78, 5) is 21.7. The number of piperazine rings is 2. The number of nitrogens with zero attached hydrogens (tertiary/aromatic N) is 4. The number of carbonyl (C=O) groups is 1. The molecule has 2 aromatic carbocycles. The van der Waals surface area contributed by atoms with Gasteiger partial charge in [-0.25, -0.2) is 4.79 Å². The molecule has 2 saturated heterocycles. The molecule has 0 bridgehead atoms. The second-order valence-corrected chi connectivity index (χ2v) is 7.77. The van der Waals surface area contributed by atoms with E-state index in [1.165, 1.54) is 16.9 Å². The minimum Gasteiger partial charge on any atom is -0.497 e. The minimum atomic E-state index is 0.184. The van der Waals surface area contributed by atoms with Gasteiger partial charge in [-0.05, 0) is 48.9 Å². The Hall–Kier alpha value is -2.89. The van der Waals surface area contributed by atoms with E-state index in [9.17, 15) is 4.79 Å². The van der Waals surface area contributed by atoms with Gasteiger partial charge < -0.3 is 24.3 Å². The summed E-state index contributed by atoms with van der Waals surface area (Å²) in [6.07, 6.45) is 0. The van der Waals surface area contributed by atoms with E-state index in [0.29, 0.717) is 0 Å². The normalized spacial score (nSPS) is 17.4. The van der Waals surface area contributed by atoms with Crippen LogP contribution in [0, 0.1) is 6.92 Å². The molecule has 2 aliphatic heterocycles. The molecule has 0 atom stereocenters. The molecule has 2 aliphatic rings. The number of hydrogen-bond acceptors (Lipinski definition) is 4. The van der Waals surface area contributed by atoms with Gasteiger partial charge in [0.2, 0.25) is 0 Å². The van der Waals surface area contributed by atoms with Gasteiger partial charge in [0.05, 0.1) is 7.11 Å². The maximum absolute atomic E-state index is 13.0. The van der Waals surface area contributed by atoms with Gasteiger partial charge in [0.25, 0.3) is 0 Å². The first-order valence-corrected chi connectivity index (χ1v) is 10.4. The van der Waals surface area contributed by atoms with Crippen molar-refractivity contribution < 1.29 is 9.53 Å². The summed E-state index contributed by atoms with van der Waals surface area (Å²) in [7, 11) is 1.68. The van der Waals surface area contributed by atoms with Crippen molar-refractivity contribution in [2.24, 2.45) is 0 Å². The Morgan fingerprint density at radius 2 is 1.31 bits per heavy atom. The Morgan fingerprint density at radius 1 is 0.759 bits per heavy atom. The average Bonchev–Trinajstić information content (AvgIpc) is 2.79. The number of amides is 2. The summed E-state index contributed by atoms with van der Waals surface area (Å²) < 4.78 is 5.23. The summed E-state index contributed by atoms with van der Waals surface area (Å²) >= 11 is 0. The molecule has 2 heterocycles. The van der Waals surface area contributed by atoms with Crippen molar-refractivity contribution in [3.63, 3.8) is 0 Å². The minimum absolute atomic E-state index is 0.184. The van der Waals surface area contributed by atoms with E-state index in [0.717, 1.165) is 58.1 Å². The maximum Gasteiger partial charge on any atom is 0.320 e. The lowest BCUT2D eigenvalue weighted by Gasteiger charge is -2.41. The van der Waals surface area contributed by atoms with Crippen LogP contribution in [0.3, 0.4) is 0 Å². The number of anilines is 2. The van der Waals surface area contributed by atoms with E-state index in [1.807, 2.05) is 21.9 Å². The van der Waals surface area contributed by atoms with Gasteiger partial charge in [-0.3, -0.25) is 0 Å². The second kappa shape index (κ2) is 8.64. The van der Waals surface area contributed by atoms with Crippen molar-refractivity contribution in [2.75, 3.05) is 69.3 Å². The molecule has 0 radical (unpaired) electrons. The van der Waals surface area contributed by atoms with Crippen molar-refractivity contribution in [1.29, 1.82) is 0 Å². The molecule has 0 unspecified atom stereocenters. The number of methoxy groups -OCH3 is 1. The highest BCUT2D eigenvalue weighted by molar-refractivity contribution is 5.75. The van der Waals surface area contributed by atoms with Gasteiger partial charge >= 0.3 is 6.03 Å². The third kappa shape index (κ3) is 4.42. The molecule has 2 fully saturated rings. The summed E-state index contributed by atoms with van der Waals surface area (Å²) in [6.45, 7) is 8.72. The summed E-state index contributed by atoms with van der Waals surface area (Å²) in [5.41, 5.74) is 3.71. The predicted molar refractivity (Wildman–Crippen MR) is 117 cm³/mol. The van der Waals surface area contributed by atoms with Gasteiger partial charge in [-0.2, -0.15) is 0 Å². The van der Waals surface area contributed by atoms with Gasteiger partial charge in [-0.1, -0.05) is 12.1 Å². The summed E-state index contributed by atoms with van der Waals surface area (Å²) in [5.74, 6) is 0.868. The third-order valence-electron chi connectivity index (χ3n) is 5.90. The first kappa shape index (κ1) is 19.4. The van der Waals surface area contributed by atoms with Crippen LogP contribution in [0.5, 0.6) is 5.75 Å². The zero-order valence-corrected chi connectivity index (χ0v) is 17.4. The lowest BCUT2D eigenvalue weighted by atomic mass is 10.2. The fourth-order valence-electron chi connectivity index (χ4n) is 4.13. The summed E-state index contributed by atoms with van der Waals surface area (Å²) in [6, 6.07) is 16.9. The molecular weight excluding hydrogens is 364 g/mol. The topological polar surface area (TPSA) is 39.3 Å². The Kier molecular flexibility index (Phi) is 5.79. The molecule has 2 amide bonds. The van der Waals surface area contributed by atoms with Crippen LogP contribution in [0.2, 0.25) is 0 Å². The van der Waals surface area contributed by atoms with E-state index in [2.05, 4.69) is 53.1 Å². The van der Waals surface area contributed by atoms with Crippen LogP contribution in [-0.4, -0.2) is 75.3 Å². The highest BCUT2D eigenvalue weighted by atomic mass is 16.5. The van der Waals surface area contributed by atoms with Crippen LogP contribution in [0.15, 0.2) is 48.5 Å². The fourth-order valence-corrected chi connectivity index (χ4v) is 4.13. The first-order chi connectivity index (χ1) is 14.1. The molecule has 0 aliphatic carbocycles. The fraction of sp³-hybridized carbons (Fsp3) is 0.435. The number of ether oxygens (including phenoxy) is 1. The third-order valence-corrected chi connectivity index (χ3v) is 5.90. The number of carbonyl (C=O) groups excluding carboxylic acids is 1. The van der Waals surface area contributed by atoms with E-state index in [4.69, 9.17) is 4.74 Å². The molecule has 154 valence electrons. The van der Waals surface area contributed by atoms with Crippen molar-refractivity contribution >= 4 is 17.4 Å². The first-order valence-electron chi connectivity index (χ1n) is 10.4. The van der Waals surface area contributed by atoms with Crippen LogP contribution in [0.1, 0.15) is 5.56 Å². The van der Waals surface area contributed by atoms with Gasteiger partial charge in [0, 0.05) is 63.7 Å². The average molecular weight is 395 g/mol. The van der Waals surface area contributed by atoms with E-state index < -0.39 is 0 Å². The van der Waals surface area contributed by atoms with Crippen molar-refractivity contribution in [2.45, 2.75) is 6.92 Å². The van der Waals surface area contributed by atoms with Crippen molar-refractivity contribution in [1.82, 2.24) is 9.80 Å². The number of urea groups is 1. The molecule has 2 aromatic rings. The molecule has 0 spiro atoms. The van der Waals surface area contributed by atoms with Crippen LogP contribution in [0.25, 0.3) is 0 Å². The summed E-state index contributed by atoms with van der Waals surface area (Å²) in [5, 5.41) is 0. The van der Waals surface area contributed by atoms with E-state index in [-0.39, 0.29) is 6.03 Å². The van der Waals surface area contributed by atoms with Gasteiger partial charge in [-0.15, -0.1) is 0 Å². The molecule has 29 heavy (non-hydrogen) atoms. The van der Waals surface area contributed by atoms with Crippen LogP contribution >= 0.6 is 0 Å². The van der Waals surface area contributed by atoms with Crippen molar-refractivity contribution in [3.05, 3.63) is 54.1 Å². The lowest BCUT2D eigenvalue weighted by Crippen LogP contribution is -2.57. The highest BCUT2D eigenvalue weighted by Gasteiger charge is 2.28. The monoisotopic (exact) mass is 394 g/mol. The SMILES string of the molecule is COc1ccc(N2CCN(C(=O)N3CCN(c4cccc(C)c4)CC3)CC2)cc1. The standard InChI is InChI=1S/C23H30N4O2/c1-19-4-3-5-21(18-19)25-12-16-27(17-13-25)23(28)26-14-10-24(11-15-26)20-6-8-22(29-2)9-7-20/h3-9,18H,10-17H2,1-2H3. The molecule has 0 N–H and O–H groups in total. The largest absolute Gasteiger partial charge is 0.497 e. The zero-order valence-electron chi connectivity index (χ0n) is 17.4. The van der Waals surface area contributed by atoms with E-state index >= 15 is 0 Å². The molecule has 0 saturated carbocycles. The molecule has 0 aromatic heterocycles. The smallest absolute Gasteiger partial charge is 0.320 e. The second-order valence-electron chi connectivity index (χ2n) is 7.77. The quantitative estimate of drug-likeness (QED) is 0.802. The van der Waals surface area contributed by atoms with E-state index in [1.54, 1.807) is 7.11 Å². The lowest BCUT2D eigenvalue weighted by molar-refractivity contribution is 0.147. The Labute approximate surface area is 173 Å². The Bertz CT molecular complexity index is 823. The van der Waals surface area contributed by atoms with Crippen LogP contribution in [-0.2, 0) is 0 Å². The maximum atomic E-state index is 13.0. The van der Waals surface area contributed by atoms with Crippen LogP contribution < -0.4 is 14.5 Å². The number of hydrogen-bond donors (Lipinski definition) is 0. The Morgan fingerprint density at radius 3 is 1.83 bits per heavy atom. The number of rotatable bonds is 3. The molecule has 6 heteroatoms. The molecule has 4 rings (SSSR count). The molecule has 6 nitrogen and oxygen atoms in total. The molecular formula is C23H30N4O2. The number of aryl methyl sites for hydroxylation is 1. The zero-order chi connectivity index (χ0) is 20.2. The van der Waals surface area contributed by atoms with Gasteiger partial charge in [0.15, 0.2) is 0 Å². The Balaban J connectivity index is 1.27. The van der Waals surface area contributed by atoms with Crippen molar-refractivity contribution in [3.8, 4) is 5.75 Å². The van der Waals surface area contributed by atoms with Gasteiger partial charge in [0.1, 0.15) is 5.75 Å². The predicted octanol–water partition coefficient (Wildman–Crippen LogP) is 3.07.